The number of aromatic nitrogens is 2. The van der Waals surface area contributed by atoms with E-state index in [0.29, 0.717) is 11.0 Å². The second-order valence-corrected chi connectivity index (χ2v) is 7.31. The van der Waals surface area contributed by atoms with Crippen LogP contribution in [0.1, 0.15) is 24.8 Å². The predicted molar refractivity (Wildman–Crippen MR) is 108 cm³/mol. The maximum Gasteiger partial charge on any atom is 0.226 e. The van der Waals surface area contributed by atoms with Crippen molar-refractivity contribution in [3.63, 3.8) is 0 Å². The van der Waals surface area contributed by atoms with Gasteiger partial charge in [0.25, 0.3) is 0 Å². The van der Waals surface area contributed by atoms with Crippen LogP contribution in [0.5, 0.6) is 0 Å². The Hall–Kier alpha value is -3.25. The third kappa shape index (κ3) is 3.73. The minimum atomic E-state index is -0.370. The highest BCUT2D eigenvalue weighted by atomic mass is 32.1. The number of fused-ring (bicyclic) bond motifs is 1. The molecule has 0 spiro atoms. The fourth-order valence-corrected chi connectivity index (χ4v) is 3.73. The van der Waals surface area contributed by atoms with Gasteiger partial charge in [-0.2, -0.15) is 5.26 Å². The molecule has 2 aromatic rings. The molecule has 0 fully saturated rings. The number of carbonyl (C=O) groups is 2. The quantitative estimate of drug-likeness (QED) is 0.591. The molecule has 9 heteroatoms. The normalized spacial score (nSPS) is 12.6. The number of hydrogen-bond acceptors (Lipinski definition) is 8. The van der Waals surface area contributed by atoms with E-state index in [1.807, 2.05) is 61.2 Å². The number of anilines is 3. The van der Waals surface area contributed by atoms with Crippen molar-refractivity contribution in [3.05, 3.63) is 40.7 Å². The second-order valence-electron chi connectivity index (χ2n) is 6.24. The molecule has 1 amide bonds. The molecule has 0 radical (unpaired) electrons. The van der Waals surface area contributed by atoms with Crippen molar-refractivity contribution in [3.8, 4) is 6.07 Å². The van der Waals surface area contributed by atoms with E-state index in [-0.39, 0.29) is 30.1 Å². The van der Waals surface area contributed by atoms with Crippen molar-refractivity contribution in [2.24, 2.45) is 0 Å². The number of rotatable bonds is 6. The Kier molecular flexibility index (Phi) is 5.70. The lowest BCUT2D eigenvalue weighted by Gasteiger charge is -2.19. The highest BCUT2D eigenvalue weighted by molar-refractivity contribution is 7.15. The van der Waals surface area contributed by atoms with Gasteiger partial charge in [0.05, 0.1) is 11.4 Å². The first-order chi connectivity index (χ1) is 13.5. The SMILES string of the molecule is CCc1nnc(NC(=O)CCC(=O)C(C#N)=C2N(C)c3ccccc3N2C)s1. The van der Waals surface area contributed by atoms with Crippen molar-refractivity contribution in [2.45, 2.75) is 26.2 Å². The second kappa shape index (κ2) is 8.19. The molecule has 28 heavy (non-hydrogen) atoms. The Morgan fingerprint density at radius 2 is 1.79 bits per heavy atom. The van der Waals surface area contributed by atoms with Crippen LogP contribution in [-0.2, 0) is 16.0 Å². The summed E-state index contributed by atoms with van der Waals surface area (Å²) in [4.78, 5) is 28.4. The maximum absolute atomic E-state index is 12.7. The summed E-state index contributed by atoms with van der Waals surface area (Å²) in [7, 11) is 3.63. The molecule has 0 saturated carbocycles. The lowest BCUT2D eigenvalue weighted by Crippen LogP contribution is -2.26. The first-order valence-electron chi connectivity index (χ1n) is 8.82. The number of nitrogens with one attached hydrogen (secondary N) is 1. The molecule has 0 bridgehead atoms. The number of carbonyl (C=O) groups excluding carboxylic acids is 2. The Morgan fingerprint density at radius 1 is 1.14 bits per heavy atom. The molecule has 144 valence electrons. The van der Waals surface area contributed by atoms with E-state index in [4.69, 9.17) is 0 Å². The topological polar surface area (TPSA) is 102 Å². The molecule has 0 atom stereocenters. The van der Waals surface area contributed by atoms with Gasteiger partial charge in [-0.25, -0.2) is 0 Å². The summed E-state index contributed by atoms with van der Waals surface area (Å²) in [6, 6.07) is 9.69. The first-order valence-corrected chi connectivity index (χ1v) is 9.64. The zero-order valence-electron chi connectivity index (χ0n) is 15.9. The van der Waals surface area contributed by atoms with Crippen LogP contribution >= 0.6 is 11.3 Å². The van der Waals surface area contributed by atoms with E-state index in [9.17, 15) is 14.9 Å². The zero-order valence-corrected chi connectivity index (χ0v) is 16.7. The standard InChI is InChI=1S/C19H20N6O2S/c1-4-17-22-23-19(28-17)21-16(27)10-9-15(26)12(11-20)18-24(2)13-7-5-6-8-14(13)25(18)3/h5-8H,4,9-10H2,1-3H3,(H,21,23,27). The van der Waals surface area contributed by atoms with Crippen LogP contribution < -0.4 is 15.1 Å². The van der Waals surface area contributed by atoms with Gasteiger partial charge in [-0.1, -0.05) is 30.4 Å². The summed E-state index contributed by atoms with van der Waals surface area (Å²) in [6.45, 7) is 1.96. The molecule has 1 aliphatic heterocycles. The number of nitrogens with zero attached hydrogens (tertiary/aromatic N) is 5. The number of hydrogen-bond donors (Lipinski definition) is 1. The monoisotopic (exact) mass is 396 g/mol. The zero-order chi connectivity index (χ0) is 20.3. The summed E-state index contributed by atoms with van der Waals surface area (Å²) < 4.78 is 0. The number of para-hydroxylation sites is 2. The minimum absolute atomic E-state index is 0.0291. The van der Waals surface area contributed by atoms with E-state index in [0.717, 1.165) is 22.8 Å². The number of nitriles is 1. The third-order valence-corrected chi connectivity index (χ3v) is 5.43. The van der Waals surface area contributed by atoms with Crippen molar-refractivity contribution in [1.82, 2.24) is 10.2 Å². The number of ketones is 1. The summed E-state index contributed by atoms with van der Waals surface area (Å²) in [6.07, 6.45) is 0.656. The smallest absolute Gasteiger partial charge is 0.226 e. The predicted octanol–water partition coefficient (Wildman–Crippen LogP) is 2.71. The Morgan fingerprint density at radius 3 is 2.32 bits per heavy atom. The molecular formula is C19H20N6O2S. The molecule has 0 saturated heterocycles. The van der Waals surface area contributed by atoms with Gasteiger partial charge in [-0.3, -0.25) is 9.59 Å². The molecule has 0 aliphatic carbocycles. The minimum Gasteiger partial charge on any atom is -0.328 e. The van der Waals surface area contributed by atoms with Crippen molar-refractivity contribution in [1.29, 1.82) is 5.26 Å². The average Bonchev–Trinajstić information content (AvgIpc) is 3.25. The number of aryl methyl sites for hydroxylation is 1. The maximum atomic E-state index is 12.7. The van der Waals surface area contributed by atoms with Gasteiger partial charge in [-0.05, 0) is 18.6 Å². The van der Waals surface area contributed by atoms with Crippen molar-refractivity contribution in [2.75, 3.05) is 29.2 Å². The van der Waals surface area contributed by atoms with E-state index >= 15 is 0 Å². The lowest BCUT2D eigenvalue weighted by atomic mass is 10.1. The molecule has 1 N–H and O–H groups in total. The molecule has 1 aromatic heterocycles. The fraction of sp³-hybridized carbons (Fsp3) is 0.316. The van der Waals surface area contributed by atoms with E-state index < -0.39 is 0 Å². The van der Waals surface area contributed by atoms with Gasteiger partial charge < -0.3 is 15.1 Å². The summed E-state index contributed by atoms with van der Waals surface area (Å²) in [5.41, 5.74) is 1.88. The lowest BCUT2D eigenvalue weighted by molar-refractivity contribution is -0.120. The Labute approximate surface area is 167 Å². The molecule has 3 rings (SSSR count). The number of amides is 1. The van der Waals surface area contributed by atoms with Crippen LogP contribution in [-0.4, -0.2) is 36.0 Å². The highest BCUT2D eigenvalue weighted by Crippen LogP contribution is 2.40. The molecule has 1 aromatic carbocycles. The van der Waals surface area contributed by atoms with Gasteiger partial charge in [0, 0.05) is 26.9 Å². The molecule has 8 nitrogen and oxygen atoms in total. The van der Waals surface area contributed by atoms with Crippen LogP contribution in [0.25, 0.3) is 0 Å². The highest BCUT2D eigenvalue weighted by Gasteiger charge is 2.31. The first kappa shape index (κ1) is 19.5. The fourth-order valence-electron chi connectivity index (χ4n) is 3.04. The van der Waals surface area contributed by atoms with Crippen LogP contribution in [0.15, 0.2) is 35.7 Å². The van der Waals surface area contributed by atoms with Gasteiger partial charge in [-0.15, -0.1) is 10.2 Å². The van der Waals surface area contributed by atoms with Gasteiger partial charge in [0.2, 0.25) is 11.0 Å². The van der Waals surface area contributed by atoms with Gasteiger partial charge in [0.15, 0.2) is 5.78 Å². The molecule has 0 unspecified atom stereocenters. The van der Waals surface area contributed by atoms with Crippen LogP contribution in [0.4, 0.5) is 16.5 Å². The van der Waals surface area contributed by atoms with E-state index in [1.54, 1.807) is 0 Å². The summed E-state index contributed by atoms with van der Waals surface area (Å²) in [5.74, 6) is -0.178. The largest absolute Gasteiger partial charge is 0.328 e. The number of Topliss-reactive ketones (excluding diaryl/α,β-unsaturated/α-hetero) is 1. The summed E-state index contributed by atoms with van der Waals surface area (Å²) in [5, 5.41) is 21.3. The third-order valence-electron chi connectivity index (χ3n) is 4.45. The summed E-state index contributed by atoms with van der Waals surface area (Å²) >= 11 is 1.31. The van der Waals surface area contributed by atoms with Crippen molar-refractivity contribution >= 4 is 39.5 Å². The molecule has 2 heterocycles. The van der Waals surface area contributed by atoms with E-state index in [2.05, 4.69) is 15.5 Å². The van der Waals surface area contributed by atoms with Gasteiger partial charge in [0.1, 0.15) is 22.5 Å². The average molecular weight is 396 g/mol. The Balaban J connectivity index is 1.70. The molecule has 1 aliphatic rings. The molecular weight excluding hydrogens is 376 g/mol. The number of allylic oxidation sites excluding steroid dienone is 1. The van der Waals surface area contributed by atoms with Gasteiger partial charge >= 0.3 is 0 Å². The Bertz CT molecular complexity index is 959. The van der Waals surface area contributed by atoms with Crippen LogP contribution in [0.2, 0.25) is 0 Å². The van der Waals surface area contributed by atoms with Crippen LogP contribution in [0.3, 0.4) is 0 Å². The van der Waals surface area contributed by atoms with Crippen LogP contribution in [0, 0.1) is 11.3 Å². The van der Waals surface area contributed by atoms with E-state index in [1.165, 1.54) is 11.3 Å². The van der Waals surface area contributed by atoms with Crippen molar-refractivity contribution < 1.29 is 9.59 Å². The number of benzene rings is 1.